The Labute approximate surface area is 86.6 Å². The van der Waals surface area contributed by atoms with Gasteiger partial charge in [0.1, 0.15) is 0 Å². The van der Waals surface area contributed by atoms with Crippen LogP contribution in [0.15, 0.2) is 12.1 Å². The predicted molar refractivity (Wildman–Crippen MR) is 43.0 cm³/mol. The number of rotatable bonds is 2. The molecule has 0 fully saturated rings. The third-order valence-electron chi connectivity index (χ3n) is 1.65. The summed E-state index contributed by atoms with van der Waals surface area (Å²) in [5.41, 5.74) is -0.666. The van der Waals surface area contributed by atoms with Crippen LogP contribution in [-0.2, 0) is 0 Å². The van der Waals surface area contributed by atoms with Gasteiger partial charge < -0.3 is 4.74 Å². The van der Waals surface area contributed by atoms with E-state index in [-0.39, 0.29) is 0 Å². The molecule has 0 aliphatic rings. The zero-order chi connectivity index (χ0) is 12.5. The smallest absolute Gasteiger partial charge is 0.399 e. The Morgan fingerprint density at radius 1 is 1.25 bits per heavy atom. The van der Waals surface area contributed by atoms with Crippen LogP contribution in [0.5, 0.6) is 5.75 Å². The molecule has 0 saturated carbocycles. The summed E-state index contributed by atoms with van der Waals surface area (Å²) in [6, 6.07) is 1.27. The molecule has 0 amide bonds. The molecule has 0 atom stereocenters. The standard InChI is InChI=1S/C9H5F5O2/c1-4(15)5-2-3-6(10)8(7(5)11)16-9(12,13)14/h2-3H,1H3. The van der Waals surface area contributed by atoms with Gasteiger partial charge in [0.2, 0.25) is 5.75 Å². The molecule has 0 aliphatic carbocycles. The highest BCUT2D eigenvalue weighted by atomic mass is 19.4. The lowest BCUT2D eigenvalue weighted by Crippen LogP contribution is -2.19. The molecule has 2 nitrogen and oxygen atoms in total. The topological polar surface area (TPSA) is 26.3 Å². The van der Waals surface area contributed by atoms with Crippen molar-refractivity contribution in [2.45, 2.75) is 13.3 Å². The van der Waals surface area contributed by atoms with E-state index in [1.54, 1.807) is 0 Å². The number of carbonyl (C=O) groups is 1. The first-order chi connectivity index (χ1) is 7.22. The molecule has 1 aromatic carbocycles. The fourth-order valence-corrected chi connectivity index (χ4v) is 1.01. The fourth-order valence-electron chi connectivity index (χ4n) is 1.01. The van der Waals surface area contributed by atoms with Crippen LogP contribution in [0.1, 0.15) is 17.3 Å². The van der Waals surface area contributed by atoms with E-state index in [4.69, 9.17) is 0 Å². The second kappa shape index (κ2) is 4.07. The fraction of sp³-hybridized carbons (Fsp3) is 0.222. The lowest BCUT2D eigenvalue weighted by atomic mass is 10.1. The van der Waals surface area contributed by atoms with Gasteiger partial charge in [-0.3, -0.25) is 4.79 Å². The maximum atomic E-state index is 13.2. The van der Waals surface area contributed by atoms with Gasteiger partial charge in [0, 0.05) is 0 Å². The van der Waals surface area contributed by atoms with E-state index in [0.717, 1.165) is 13.0 Å². The summed E-state index contributed by atoms with van der Waals surface area (Å²) in [5, 5.41) is 0. The van der Waals surface area contributed by atoms with Gasteiger partial charge in [-0.2, -0.15) is 0 Å². The van der Waals surface area contributed by atoms with Gasteiger partial charge >= 0.3 is 6.36 Å². The van der Waals surface area contributed by atoms with Crippen LogP contribution in [0.4, 0.5) is 22.0 Å². The normalized spacial score (nSPS) is 11.4. The third kappa shape index (κ3) is 2.68. The average Bonchev–Trinajstić information content (AvgIpc) is 2.10. The first-order valence-electron chi connectivity index (χ1n) is 3.97. The Hall–Kier alpha value is -1.66. The van der Waals surface area contributed by atoms with Crippen molar-refractivity contribution in [2.24, 2.45) is 0 Å². The minimum atomic E-state index is -5.23. The van der Waals surface area contributed by atoms with Crippen LogP contribution in [0.3, 0.4) is 0 Å². The Balaban J connectivity index is 3.27. The molecule has 88 valence electrons. The van der Waals surface area contributed by atoms with E-state index < -0.39 is 35.1 Å². The molecule has 0 bridgehead atoms. The largest absolute Gasteiger partial charge is 0.573 e. The molecular weight excluding hydrogens is 235 g/mol. The van der Waals surface area contributed by atoms with Gasteiger partial charge in [0.25, 0.3) is 0 Å². The predicted octanol–water partition coefficient (Wildman–Crippen LogP) is 3.07. The number of halogens is 5. The van der Waals surface area contributed by atoms with Crippen molar-refractivity contribution in [3.8, 4) is 5.75 Å². The van der Waals surface area contributed by atoms with Gasteiger partial charge in [-0.1, -0.05) is 0 Å². The highest BCUT2D eigenvalue weighted by Crippen LogP contribution is 2.30. The van der Waals surface area contributed by atoms with Gasteiger partial charge in [-0.05, 0) is 19.1 Å². The van der Waals surface area contributed by atoms with Crippen molar-refractivity contribution in [1.29, 1.82) is 0 Å². The van der Waals surface area contributed by atoms with E-state index in [2.05, 4.69) is 4.74 Å². The number of carbonyl (C=O) groups excluding carboxylic acids is 1. The molecule has 1 aromatic rings. The monoisotopic (exact) mass is 240 g/mol. The highest BCUT2D eigenvalue weighted by molar-refractivity contribution is 5.94. The van der Waals surface area contributed by atoms with Crippen LogP contribution < -0.4 is 4.74 Å². The SMILES string of the molecule is CC(=O)c1ccc(F)c(OC(F)(F)F)c1F. The van der Waals surface area contributed by atoms with Crippen LogP contribution in [-0.4, -0.2) is 12.1 Å². The summed E-state index contributed by atoms with van der Waals surface area (Å²) < 4.78 is 64.6. The lowest BCUT2D eigenvalue weighted by molar-refractivity contribution is -0.276. The van der Waals surface area contributed by atoms with Crippen molar-refractivity contribution in [3.05, 3.63) is 29.3 Å². The highest BCUT2D eigenvalue weighted by Gasteiger charge is 2.34. The van der Waals surface area contributed by atoms with Crippen molar-refractivity contribution in [2.75, 3.05) is 0 Å². The maximum Gasteiger partial charge on any atom is 0.573 e. The van der Waals surface area contributed by atoms with Crippen LogP contribution in [0, 0.1) is 11.6 Å². The summed E-state index contributed by atoms with van der Waals surface area (Å²) >= 11 is 0. The van der Waals surface area contributed by atoms with Crippen LogP contribution in [0.25, 0.3) is 0 Å². The molecule has 0 N–H and O–H groups in total. The molecule has 0 saturated heterocycles. The van der Waals surface area contributed by atoms with Gasteiger partial charge in [-0.25, -0.2) is 8.78 Å². The summed E-state index contributed by atoms with van der Waals surface area (Å²) in [5.74, 6) is -5.64. The minimum Gasteiger partial charge on any atom is -0.399 e. The number of ketones is 1. The maximum absolute atomic E-state index is 13.2. The number of alkyl halides is 3. The van der Waals surface area contributed by atoms with E-state index in [1.165, 1.54) is 0 Å². The van der Waals surface area contributed by atoms with E-state index in [0.29, 0.717) is 6.07 Å². The molecule has 7 heteroatoms. The number of Topliss-reactive ketones (excluding diaryl/α,β-unsaturated/α-hetero) is 1. The summed E-state index contributed by atoms with van der Waals surface area (Å²) in [6.45, 7) is 0.938. The number of hydrogen-bond acceptors (Lipinski definition) is 2. The van der Waals surface area contributed by atoms with Crippen molar-refractivity contribution < 1.29 is 31.5 Å². The minimum absolute atomic E-state index is 0.529. The lowest BCUT2D eigenvalue weighted by Gasteiger charge is -2.11. The Morgan fingerprint density at radius 2 is 1.81 bits per heavy atom. The number of benzene rings is 1. The van der Waals surface area contributed by atoms with Gasteiger partial charge in [0.05, 0.1) is 5.56 Å². The Kier molecular flexibility index (Phi) is 3.16. The summed E-state index contributed by atoms with van der Waals surface area (Å²) in [7, 11) is 0. The zero-order valence-corrected chi connectivity index (χ0v) is 7.86. The van der Waals surface area contributed by atoms with Crippen molar-refractivity contribution in [3.63, 3.8) is 0 Å². The second-order valence-corrected chi connectivity index (χ2v) is 2.84. The van der Waals surface area contributed by atoms with E-state index in [9.17, 15) is 26.7 Å². The van der Waals surface area contributed by atoms with E-state index >= 15 is 0 Å². The average molecular weight is 240 g/mol. The quantitative estimate of drug-likeness (QED) is 0.586. The summed E-state index contributed by atoms with van der Waals surface area (Å²) in [6.07, 6.45) is -5.23. The molecule has 0 aliphatic heterocycles. The molecule has 0 heterocycles. The first-order valence-corrected chi connectivity index (χ1v) is 3.97. The second-order valence-electron chi connectivity index (χ2n) is 2.84. The van der Waals surface area contributed by atoms with Crippen LogP contribution >= 0.6 is 0 Å². The molecular formula is C9H5F5O2. The van der Waals surface area contributed by atoms with Crippen molar-refractivity contribution >= 4 is 5.78 Å². The first kappa shape index (κ1) is 12.4. The molecule has 0 radical (unpaired) electrons. The molecule has 0 aromatic heterocycles. The van der Waals surface area contributed by atoms with Gasteiger partial charge in [-0.15, -0.1) is 13.2 Å². The van der Waals surface area contributed by atoms with Gasteiger partial charge in [0.15, 0.2) is 17.4 Å². The summed E-state index contributed by atoms with van der Waals surface area (Å²) in [4.78, 5) is 10.8. The van der Waals surface area contributed by atoms with E-state index in [1.807, 2.05) is 0 Å². The number of hydrogen-bond donors (Lipinski definition) is 0. The molecule has 0 spiro atoms. The molecule has 1 rings (SSSR count). The Bertz CT molecular complexity index is 425. The molecule has 16 heavy (non-hydrogen) atoms. The third-order valence-corrected chi connectivity index (χ3v) is 1.65. The van der Waals surface area contributed by atoms with Crippen molar-refractivity contribution in [1.82, 2.24) is 0 Å². The Morgan fingerprint density at radius 3 is 2.25 bits per heavy atom. The number of ether oxygens (including phenoxy) is 1. The van der Waals surface area contributed by atoms with Crippen LogP contribution in [0.2, 0.25) is 0 Å². The zero-order valence-electron chi connectivity index (χ0n) is 7.86. The molecule has 0 unspecified atom stereocenters.